The molecular weight excluding hydrogens is 699 g/mol. The van der Waals surface area contributed by atoms with Crippen molar-refractivity contribution in [2.75, 3.05) is 43.5 Å². The van der Waals surface area contributed by atoms with Gasteiger partial charge in [-0.05, 0) is 91.3 Å². The Morgan fingerprint density at radius 1 is 0.981 bits per heavy atom. The van der Waals surface area contributed by atoms with Crippen LogP contribution in [0.5, 0.6) is 5.75 Å². The monoisotopic (exact) mass is 742 g/mol. The molecule has 53 heavy (non-hydrogen) atoms. The first kappa shape index (κ1) is 36.4. The van der Waals surface area contributed by atoms with Crippen molar-refractivity contribution in [2.24, 2.45) is 18.9 Å². The maximum Gasteiger partial charge on any atom is 0.259 e. The molecule has 2 aromatic heterocycles. The topological polar surface area (TPSA) is 126 Å². The van der Waals surface area contributed by atoms with Gasteiger partial charge in [0.2, 0.25) is 11.8 Å². The highest BCUT2D eigenvalue weighted by Gasteiger charge is 2.30. The number of methoxy groups -OCH3 is 1. The minimum Gasteiger partial charge on any atom is -0.496 e. The maximum absolute atomic E-state index is 15.2. The summed E-state index contributed by atoms with van der Waals surface area (Å²) in [5.74, 6) is 0.359. The van der Waals surface area contributed by atoms with E-state index in [0.717, 1.165) is 68.1 Å². The average molecular weight is 743 g/mol. The third kappa shape index (κ3) is 7.74. The Balaban J connectivity index is 0.903. The van der Waals surface area contributed by atoms with Gasteiger partial charge < -0.3 is 24.4 Å². The van der Waals surface area contributed by atoms with Gasteiger partial charge in [-0.25, -0.2) is 4.39 Å². The lowest BCUT2D eigenvalue weighted by Crippen LogP contribution is -2.47. The van der Waals surface area contributed by atoms with E-state index in [1.54, 1.807) is 49.9 Å². The van der Waals surface area contributed by atoms with Crippen LogP contribution in [0.15, 0.2) is 59.8 Å². The number of hydrogen-bond donors (Lipinski definition) is 2. The number of fused-ring (bicyclic) bond motifs is 1. The number of nitrogens with one attached hydrogen (secondary N) is 2. The zero-order chi connectivity index (χ0) is 37.2. The van der Waals surface area contributed by atoms with Crippen molar-refractivity contribution in [3.05, 3.63) is 81.7 Å². The molecular formula is C40H44ClFN6O5. The molecule has 278 valence electrons. The van der Waals surface area contributed by atoms with Crippen LogP contribution in [0.1, 0.15) is 61.7 Å². The van der Waals surface area contributed by atoms with Crippen LogP contribution in [0.25, 0.3) is 21.9 Å². The number of aryl methyl sites for hydroxylation is 1. The van der Waals surface area contributed by atoms with E-state index < -0.39 is 6.04 Å². The lowest BCUT2D eigenvalue weighted by Gasteiger charge is -2.36. The molecule has 3 aliphatic heterocycles. The van der Waals surface area contributed by atoms with E-state index in [4.69, 9.17) is 16.3 Å². The van der Waals surface area contributed by atoms with Gasteiger partial charge >= 0.3 is 0 Å². The summed E-state index contributed by atoms with van der Waals surface area (Å²) in [6, 6.07) is 9.80. The van der Waals surface area contributed by atoms with Gasteiger partial charge in [-0.2, -0.15) is 0 Å². The minimum absolute atomic E-state index is 0.144. The van der Waals surface area contributed by atoms with Gasteiger partial charge in [-0.1, -0.05) is 24.4 Å². The fraction of sp³-hybridized carbons (Fsp3) is 0.425. The third-order valence-electron chi connectivity index (χ3n) is 11.2. The summed E-state index contributed by atoms with van der Waals surface area (Å²) in [5, 5.41) is 6.91. The zero-order valence-electron chi connectivity index (χ0n) is 30.0. The maximum atomic E-state index is 15.2. The molecule has 7 rings (SSSR count). The standard InChI is InChI=1S/C40H44ClFN6O5/c1-46-23-30(28-9-14-43-22-29(28)39(46)51)26-19-31(41)37(35(20-26)53-2)40(52)48-17-12-25(13-18-48)4-3-24-10-15-47(16-11-24)34-7-5-27(21-32(34)42)44-33-6-8-36(49)45-38(33)50/h5,7,9,14,19-25,33,44H,3-4,6,8,10-13,15-18H2,1-2H3,(H,45,49,50). The molecule has 11 nitrogen and oxygen atoms in total. The Hall–Kier alpha value is -4.97. The van der Waals surface area contributed by atoms with Crippen molar-refractivity contribution in [2.45, 2.75) is 57.4 Å². The smallest absolute Gasteiger partial charge is 0.259 e. The van der Waals surface area contributed by atoms with Gasteiger partial charge in [0, 0.05) is 69.5 Å². The highest BCUT2D eigenvalue weighted by atomic mass is 35.5. The molecule has 3 saturated heterocycles. The van der Waals surface area contributed by atoms with Crippen molar-refractivity contribution in [1.82, 2.24) is 19.8 Å². The average Bonchev–Trinajstić information content (AvgIpc) is 3.16. The summed E-state index contributed by atoms with van der Waals surface area (Å²) in [7, 11) is 3.22. The molecule has 0 spiro atoms. The van der Waals surface area contributed by atoms with Crippen molar-refractivity contribution >= 4 is 51.5 Å². The van der Waals surface area contributed by atoms with E-state index in [2.05, 4.69) is 20.5 Å². The number of imide groups is 1. The van der Waals surface area contributed by atoms with Gasteiger partial charge in [0.25, 0.3) is 11.5 Å². The number of halogens is 2. The number of anilines is 2. The van der Waals surface area contributed by atoms with Crippen LogP contribution in [0.3, 0.4) is 0 Å². The fourth-order valence-corrected chi connectivity index (χ4v) is 8.34. The molecule has 3 aliphatic rings. The molecule has 5 heterocycles. The summed E-state index contributed by atoms with van der Waals surface area (Å²) in [6.45, 7) is 2.86. The summed E-state index contributed by atoms with van der Waals surface area (Å²) in [4.78, 5) is 58.1. The molecule has 0 bridgehead atoms. The molecule has 3 fully saturated rings. The van der Waals surface area contributed by atoms with Crippen molar-refractivity contribution in [3.8, 4) is 16.9 Å². The molecule has 0 aliphatic carbocycles. The van der Waals surface area contributed by atoms with E-state index in [0.29, 0.717) is 64.4 Å². The largest absolute Gasteiger partial charge is 0.496 e. The molecule has 2 aromatic carbocycles. The molecule has 1 unspecified atom stereocenters. The molecule has 3 amide bonds. The number of hydrogen-bond acceptors (Lipinski definition) is 8. The van der Waals surface area contributed by atoms with Crippen molar-refractivity contribution < 1.29 is 23.5 Å². The van der Waals surface area contributed by atoms with Gasteiger partial charge in [0.05, 0.1) is 23.2 Å². The number of aromatic nitrogens is 2. The minimum atomic E-state index is -0.554. The number of pyridine rings is 2. The van der Waals surface area contributed by atoms with Crippen LogP contribution in [-0.4, -0.2) is 71.5 Å². The molecule has 0 saturated carbocycles. The molecule has 2 N–H and O–H groups in total. The third-order valence-corrected chi connectivity index (χ3v) is 11.4. The van der Waals surface area contributed by atoms with Crippen LogP contribution >= 0.6 is 11.6 Å². The van der Waals surface area contributed by atoms with Crippen LogP contribution in [0.4, 0.5) is 15.8 Å². The molecule has 0 radical (unpaired) electrons. The molecule has 13 heteroatoms. The van der Waals surface area contributed by atoms with Gasteiger partial charge in [-0.15, -0.1) is 0 Å². The quantitative estimate of drug-likeness (QED) is 0.195. The lowest BCUT2D eigenvalue weighted by molar-refractivity contribution is -0.133. The van der Waals surface area contributed by atoms with Crippen LogP contribution in [0, 0.1) is 17.7 Å². The van der Waals surface area contributed by atoms with E-state index >= 15 is 4.39 Å². The predicted molar refractivity (Wildman–Crippen MR) is 203 cm³/mol. The Bertz CT molecular complexity index is 2110. The van der Waals surface area contributed by atoms with Crippen molar-refractivity contribution in [3.63, 3.8) is 0 Å². The van der Waals surface area contributed by atoms with Gasteiger partial charge in [0.1, 0.15) is 23.2 Å². The molecule has 4 aromatic rings. The summed E-state index contributed by atoms with van der Waals surface area (Å²) in [6.07, 6.45) is 11.7. The first-order valence-corrected chi connectivity index (χ1v) is 18.7. The summed E-state index contributed by atoms with van der Waals surface area (Å²) < 4.78 is 22.4. The van der Waals surface area contributed by atoms with Gasteiger partial charge in [-0.3, -0.25) is 29.5 Å². The highest BCUT2D eigenvalue weighted by Crippen LogP contribution is 2.38. The van der Waals surface area contributed by atoms with Crippen LogP contribution in [-0.2, 0) is 16.6 Å². The van der Waals surface area contributed by atoms with E-state index in [-0.39, 0.29) is 35.5 Å². The number of benzene rings is 2. The highest BCUT2D eigenvalue weighted by molar-refractivity contribution is 6.34. The number of ether oxygens (including phenoxy) is 1. The lowest BCUT2D eigenvalue weighted by atomic mass is 9.85. The SMILES string of the molecule is COc1cc(-c2cn(C)c(=O)c3cnccc23)cc(Cl)c1C(=O)N1CCC(CCC2CCN(c3ccc(NC4CCC(=O)NC4=O)cc3F)CC2)CC1. The number of rotatable bonds is 9. The van der Waals surface area contributed by atoms with Crippen molar-refractivity contribution in [1.29, 1.82) is 0 Å². The second kappa shape index (κ2) is 15.6. The van der Waals surface area contributed by atoms with Gasteiger partial charge in [0.15, 0.2) is 0 Å². The molecule has 1 atom stereocenters. The van der Waals surface area contributed by atoms with Crippen LogP contribution < -0.4 is 25.8 Å². The number of carbonyl (C=O) groups is 3. The number of nitrogens with zero attached hydrogens (tertiary/aromatic N) is 4. The predicted octanol–water partition coefficient (Wildman–Crippen LogP) is 6.17. The Morgan fingerprint density at radius 3 is 2.38 bits per heavy atom. The number of carbonyl (C=O) groups excluding carboxylic acids is 3. The zero-order valence-corrected chi connectivity index (χ0v) is 30.8. The Morgan fingerprint density at radius 2 is 1.70 bits per heavy atom. The Kier molecular flexibility index (Phi) is 10.7. The van der Waals surface area contributed by atoms with E-state index in [1.165, 1.54) is 17.7 Å². The summed E-state index contributed by atoms with van der Waals surface area (Å²) in [5.41, 5.74) is 2.82. The summed E-state index contributed by atoms with van der Waals surface area (Å²) >= 11 is 6.82. The van der Waals surface area contributed by atoms with E-state index in [9.17, 15) is 19.2 Å². The number of amides is 3. The van der Waals surface area contributed by atoms with Crippen LogP contribution in [0.2, 0.25) is 5.02 Å². The first-order chi connectivity index (χ1) is 25.6. The second-order valence-electron chi connectivity index (χ2n) is 14.5. The number of likely N-dealkylation sites (tertiary alicyclic amines) is 1. The fourth-order valence-electron chi connectivity index (χ4n) is 8.05. The normalized spacial score (nSPS) is 18.7. The Labute approximate surface area is 312 Å². The second-order valence-corrected chi connectivity index (χ2v) is 14.9. The first-order valence-electron chi connectivity index (χ1n) is 18.3. The van der Waals surface area contributed by atoms with E-state index in [1.807, 2.05) is 11.0 Å². The number of piperidine rings is 3.